The van der Waals surface area contributed by atoms with Crippen molar-refractivity contribution in [3.05, 3.63) is 29.8 Å². The smallest absolute Gasteiger partial charge is 0.194 e. The Morgan fingerprint density at radius 1 is 1.23 bits per heavy atom. The van der Waals surface area contributed by atoms with Crippen LogP contribution < -0.4 is 5.32 Å². The van der Waals surface area contributed by atoms with Crippen LogP contribution >= 0.6 is 0 Å². The van der Waals surface area contributed by atoms with E-state index in [9.17, 15) is 5.11 Å². The van der Waals surface area contributed by atoms with Gasteiger partial charge >= 0.3 is 0 Å². The Hall–Kier alpha value is -1.71. The molecule has 0 spiro atoms. The molecule has 22 heavy (non-hydrogen) atoms. The number of phenols is 1. The summed E-state index contributed by atoms with van der Waals surface area (Å²) in [5.74, 6) is 1.32. The van der Waals surface area contributed by atoms with Crippen LogP contribution in [0.4, 0.5) is 0 Å². The van der Waals surface area contributed by atoms with Crippen molar-refractivity contribution in [3.63, 3.8) is 0 Å². The highest BCUT2D eigenvalue weighted by Crippen LogP contribution is 2.46. The number of aryl methyl sites for hydroxylation is 1. The van der Waals surface area contributed by atoms with Gasteiger partial charge in [0.1, 0.15) is 5.75 Å². The predicted molar refractivity (Wildman–Crippen MR) is 92.4 cm³/mol. The molecule has 0 atom stereocenters. The fourth-order valence-corrected chi connectivity index (χ4v) is 2.85. The number of guanidine groups is 1. The Kier molecular flexibility index (Phi) is 4.69. The van der Waals surface area contributed by atoms with Gasteiger partial charge in [-0.2, -0.15) is 0 Å². The van der Waals surface area contributed by atoms with Gasteiger partial charge in [-0.05, 0) is 44.4 Å². The fraction of sp³-hybridized carbons (Fsp3) is 0.611. The summed E-state index contributed by atoms with van der Waals surface area (Å²) in [6.45, 7) is 11.1. The lowest BCUT2D eigenvalue weighted by Gasteiger charge is -2.62. The lowest BCUT2D eigenvalue weighted by atomic mass is 9.65. The van der Waals surface area contributed by atoms with Gasteiger partial charge in [0.2, 0.25) is 0 Å². The van der Waals surface area contributed by atoms with Crippen LogP contribution in [0.5, 0.6) is 5.75 Å². The molecule has 1 aromatic rings. The molecule has 0 aliphatic carbocycles. The molecule has 122 valence electrons. The van der Waals surface area contributed by atoms with E-state index in [1.54, 1.807) is 12.1 Å². The van der Waals surface area contributed by atoms with Crippen LogP contribution in [0, 0.1) is 5.41 Å². The molecule has 4 nitrogen and oxygen atoms in total. The minimum atomic E-state index is 0.131. The van der Waals surface area contributed by atoms with Crippen molar-refractivity contribution in [2.45, 2.75) is 46.1 Å². The van der Waals surface area contributed by atoms with Crippen LogP contribution in [0.3, 0.4) is 0 Å². The molecule has 4 heteroatoms. The SMILES string of the molecule is CN=C(NCCCc1ccc(O)cc1)N1CC(C)(C)C1(C)C. The summed E-state index contributed by atoms with van der Waals surface area (Å²) in [7, 11) is 1.85. The minimum absolute atomic E-state index is 0.131. The van der Waals surface area contributed by atoms with E-state index < -0.39 is 0 Å². The molecular weight excluding hydrogens is 274 g/mol. The van der Waals surface area contributed by atoms with Gasteiger partial charge in [0.15, 0.2) is 5.96 Å². The summed E-state index contributed by atoms with van der Waals surface area (Å²) in [6, 6.07) is 7.44. The highest BCUT2D eigenvalue weighted by atomic mass is 16.3. The molecule has 0 aromatic heterocycles. The summed E-state index contributed by atoms with van der Waals surface area (Å²) in [5.41, 5.74) is 1.70. The van der Waals surface area contributed by atoms with E-state index in [-0.39, 0.29) is 5.54 Å². The first-order valence-corrected chi connectivity index (χ1v) is 8.04. The van der Waals surface area contributed by atoms with Gasteiger partial charge in [0.05, 0.1) is 0 Å². The molecule has 0 unspecified atom stereocenters. The topological polar surface area (TPSA) is 47.9 Å². The number of phenolic OH excluding ortho intramolecular Hbond substituents is 1. The number of aliphatic imine (C=N–C) groups is 1. The Bertz CT molecular complexity index is 532. The number of rotatable bonds is 4. The van der Waals surface area contributed by atoms with E-state index in [1.807, 2.05) is 19.2 Å². The third-order valence-electron chi connectivity index (χ3n) is 5.21. The van der Waals surface area contributed by atoms with Crippen molar-refractivity contribution in [2.75, 3.05) is 20.1 Å². The molecule has 1 fully saturated rings. The first-order valence-electron chi connectivity index (χ1n) is 8.04. The third-order valence-corrected chi connectivity index (χ3v) is 5.21. The second kappa shape index (κ2) is 6.19. The number of nitrogens with zero attached hydrogens (tertiary/aromatic N) is 2. The van der Waals surface area contributed by atoms with Crippen LogP contribution in [0.15, 0.2) is 29.3 Å². The number of likely N-dealkylation sites (tertiary alicyclic amines) is 1. The maximum absolute atomic E-state index is 9.29. The van der Waals surface area contributed by atoms with E-state index in [2.05, 4.69) is 42.9 Å². The predicted octanol–water partition coefficient (Wildman–Crippen LogP) is 3.02. The zero-order chi connectivity index (χ0) is 16.4. The molecule has 2 N–H and O–H groups in total. The van der Waals surface area contributed by atoms with E-state index >= 15 is 0 Å². The number of aromatic hydroxyl groups is 1. The molecule has 1 aliphatic heterocycles. The van der Waals surface area contributed by atoms with Gasteiger partial charge in [0.25, 0.3) is 0 Å². The van der Waals surface area contributed by atoms with Gasteiger partial charge in [-0.3, -0.25) is 4.99 Å². The van der Waals surface area contributed by atoms with E-state index in [0.717, 1.165) is 31.9 Å². The van der Waals surface area contributed by atoms with E-state index in [1.165, 1.54) is 5.56 Å². The minimum Gasteiger partial charge on any atom is -0.508 e. The Morgan fingerprint density at radius 3 is 2.36 bits per heavy atom. The molecule has 0 amide bonds. The lowest BCUT2D eigenvalue weighted by molar-refractivity contribution is -0.0667. The monoisotopic (exact) mass is 303 g/mol. The molecule has 1 saturated heterocycles. The Labute approximate surface area is 134 Å². The lowest BCUT2D eigenvalue weighted by Crippen LogP contribution is -2.72. The van der Waals surface area contributed by atoms with Crippen molar-refractivity contribution < 1.29 is 5.11 Å². The fourth-order valence-electron chi connectivity index (χ4n) is 2.85. The second-order valence-electron chi connectivity index (χ2n) is 7.27. The molecule has 1 aromatic carbocycles. The maximum Gasteiger partial charge on any atom is 0.194 e. The van der Waals surface area contributed by atoms with Crippen molar-refractivity contribution in [1.82, 2.24) is 10.2 Å². The zero-order valence-electron chi connectivity index (χ0n) is 14.5. The van der Waals surface area contributed by atoms with Crippen LogP contribution in [-0.2, 0) is 6.42 Å². The molecular formula is C18H29N3O. The van der Waals surface area contributed by atoms with Gasteiger partial charge in [0, 0.05) is 31.1 Å². The van der Waals surface area contributed by atoms with Gasteiger partial charge in [-0.25, -0.2) is 0 Å². The van der Waals surface area contributed by atoms with E-state index in [0.29, 0.717) is 11.2 Å². The van der Waals surface area contributed by atoms with Gasteiger partial charge < -0.3 is 15.3 Å². The molecule has 0 radical (unpaired) electrons. The number of benzene rings is 1. The first-order chi connectivity index (χ1) is 10.3. The summed E-state index contributed by atoms with van der Waals surface area (Å²) < 4.78 is 0. The van der Waals surface area contributed by atoms with E-state index in [4.69, 9.17) is 0 Å². The first kappa shape index (κ1) is 16.7. The average Bonchev–Trinajstić information content (AvgIpc) is 2.47. The summed E-state index contributed by atoms with van der Waals surface area (Å²) in [4.78, 5) is 6.78. The number of nitrogens with one attached hydrogen (secondary N) is 1. The quantitative estimate of drug-likeness (QED) is 0.511. The van der Waals surface area contributed by atoms with Crippen molar-refractivity contribution >= 4 is 5.96 Å². The average molecular weight is 303 g/mol. The second-order valence-corrected chi connectivity index (χ2v) is 7.27. The van der Waals surface area contributed by atoms with Gasteiger partial charge in [-0.15, -0.1) is 0 Å². The summed E-state index contributed by atoms with van der Waals surface area (Å²) in [6.07, 6.45) is 2.04. The van der Waals surface area contributed by atoms with Crippen molar-refractivity contribution in [2.24, 2.45) is 10.4 Å². The third kappa shape index (κ3) is 3.21. The summed E-state index contributed by atoms with van der Waals surface area (Å²) in [5, 5.41) is 12.8. The molecule has 1 heterocycles. The molecule has 0 saturated carbocycles. The maximum atomic E-state index is 9.29. The molecule has 1 aliphatic rings. The van der Waals surface area contributed by atoms with Crippen LogP contribution in [0.25, 0.3) is 0 Å². The van der Waals surface area contributed by atoms with Crippen molar-refractivity contribution in [3.8, 4) is 5.75 Å². The largest absolute Gasteiger partial charge is 0.508 e. The van der Waals surface area contributed by atoms with Gasteiger partial charge in [-0.1, -0.05) is 26.0 Å². The van der Waals surface area contributed by atoms with Crippen LogP contribution in [0.2, 0.25) is 0 Å². The molecule has 2 rings (SSSR count). The number of hydrogen-bond acceptors (Lipinski definition) is 2. The Balaban J connectivity index is 1.80. The zero-order valence-corrected chi connectivity index (χ0v) is 14.5. The standard InChI is InChI=1S/C18H29N3O/c1-17(2)13-21(18(17,3)4)16(19-5)20-12-6-7-14-8-10-15(22)11-9-14/h8-11,22H,6-7,12-13H2,1-5H3,(H,19,20). The highest BCUT2D eigenvalue weighted by molar-refractivity contribution is 5.81. The number of hydrogen-bond donors (Lipinski definition) is 2. The Morgan fingerprint density at radius 2 is 1.86 bits per heavy atom. The highest BCUT2D eigenvalue weighted by Gasteiger charge is 2.53. The normalized spacial score (nSPS) is 19.7. The van der Waals surface area contributed by atoms with Crippen LogP contribution in [0.1, 0.15) is 39.7 Å². The molecule has 0 bridgehead atoms. The summed E-state index contributed by atoms with van der Waals surface area (Å²) >= 11 is 0. The van der Waals surface area contributed by atoms with Crippen LogP contribution in [-0.4, -0.2) is 41.6 Å². The van der Waals surface area contributed by atoms with Crippen molar-refractivity contribution in [1.29, 1.82) is 0 Å².